The van der Waals surface area contributed by atoms with Crippen molar-refractivity contribution in [3.05, 3.63) is 118 Å². The zero-order chi connectivity index (χ0) is 29.1. The topological polar surface area (TPSA) is 6.48 Å². The molecule has 0 aliphatic carbocycles. The lowest BCUT2D eigenvalue weighted by Gasteiger charge is -2.47. The third kappa shape index (κ3) is 4.19. The van der Waals surface area contributed by atoms with Crippen LogP contribution in [0, 0.1) is 0 Å². The van der Waals surface area contributed by atoms with Gasteiger partial charge in [0.25, 0.3) is 0 Å². The van der Waals surface area contributed by atoms with Gasteiger partial charge in [0.1, 0.15) is 0 Å². The van der Waals surface area contributed by atoms with Crippen molar-refractivity contribution in [2.75, 3.05) is 9.13 Å². The van der Waals surface area contributed by atoms with Crippen LogP contribution >= 0.6 is 0 Å². The van der Waals surface area contributed by atoms with Crippen LogP contribution in [0.4, 0.5) is 11.4 Å². The van der Waals surface area contributed by atoms with Gasteiger partial charge in [-0.2, -0.15) is 0 Å². The van der Waals surface area contributed by atoms with Gasteiger partial charge in [-0.05, 0) is 67.4 Å². The molecular weight excluding hydrogens is 513 g/mol. The Hall–Kier alpha value is -3.30. The molecule has 2 heterocycles. The van der Waals surface area contributed by atoms with Gasteiger partial charge in [0, 0.05) is 24.5 Å². The van der Waals surface area contributed by atoms with Gasteiger partial charge in [0.05, 0.1) is 0 Å². The van der Waals surface area contributed by atoms with Crippen molar-refractivity contribution in [1.29, 1.82) is 0 Å². The largest absolute Gasteiger partial charge is 0.369 e. The highest BCUT2D eigenvalue weighted by Gasteiger charge is 2.60. The highest BCUT2D eigenvalue weighted by molar-refractivity contribution is 7.09. The minimum Gasteiger partial charge on any atom is -0.369 e. The van der Waals surface area contributed by atoms with E-state index in [2.05, 4.69) is 149 Å². The van der Waals surface area contributed by atoms with E-state index in [0.29, 0.717) is 23.7 Å². The number of benzene rings is 4. The van der Waals surface area contributed by atoms with E-state index in [1.807, 2.05) is 0 Å². The third-order valence-electron chi connectivity index (χ3n) is 9.45. The number of nitrogens with zero attached hydrogens (tertiary/aromatic N) is 2. The summed E-state index contributed by atoms with van der Waals surface area (Å²) in [6, 6.07) is 32.9. The van der Waals surface area contributed by atoms with E-state index >= 15 is 0 Å². The van der Waals surface area contributed by atoms with Crippen molar-refractivity contribution in [3.63, 3.8) is 0 Å². The molecule has 6 rings (SSSR count). The lowest BCUT2D eigenvalue weighted by molar-refractivity contribution is 0.813. The number of para-hydroxylation sites is 2. The quantitative estimate of drug-likeness (QED) is 0.218. The first-order valence-electron chi connectivity index (χ1n) is 15.7. The molecule has 1 spiro atoms. The van der Waals surface area contributed by atoms with Crippen molar-refractivity contribution in [2.24, 2.45) is 0 Å². The first-order valence-corrected chi connectivity index (χ1v) is 17.5. The molecule has 0 radical (unpaired) electrons. The second-order valence-electron chi connectivity index (χ2n) is 13.3. The van der Waals surface area contributed by atoms with Crippen LogP contribution < -0.4 is 19.5 Å². The number of fused-ring (bicyclic) bond motifs is 4. The predicted octanol–water partition coefficient (Wildman–Crippen LogP) is 8.78. The van der Waals surface area contributed by atoms with Crippen LogP contribution in [0.2, 0.25) is 0 Å². The lowest BCUT2D eigenvalue weighted by Crippen LogP contribution is -2.74. The molecule has 2 aliphatic rings. The standard InChI is InChI=1S/C38H46N2Si/c1-25(2)31-17-13-18-32(26(3)4)37(31)39-23-29-15-9-11-21-35(29)41(39)36-22-12-10-16-30(36)24-40(41)38-33(27(5)6)19-14-20-34(38)28(7)8/h9-22,25-28H,23-24H2,1-8H3. The van der Waals surface area contributed by atoms with E-state index in [-0.39, 0.29) is 0 Å². The van der Waals surface area contributed by atoms with E-state index in [4.69, 9.17) is 0 Å². The molecule has 0 unspecified atom stereocenters. The molecule has 0 saturated heterocycles. The average Bonchev–Trinajstić information content (AvgIpc) is 3.48. The van der Waals surface area contributed by atoms with E-state index in [1.54, 1.807) is 10.4 Å². The maximum atomic E-state index is 2.94. The van der Waals surface area contributed by atoms with Crippen molar-refractivity contribution in [3.8, 4) is 0 Å². The van der Waals surface area contributed by atoms with E-state index in [1.165, 1.54) is 44.8 Å². The van der Waals surface area contributed by atoms with Gasteiger partial charge in [0.2, 0.25) is 0 Å². The summed E-state index contributed by atoms with van der Waals surface area (Å²) >= 11 is 0. The summed E-state index contributed by atoms with van der Waals surface area (Å²) in [5, 5.41) is 3.12. The SMILES string of the molecule is CC(C)c1cccc(C(C)C)c1N1Cc2ccccc2[Si]12c1ccccc1CN2c1c(C(C)C)cccc1C(C)C. The summed E-state index contributed by atoms with van der Waals surface area (Å²) in [5.41, 5.74) is 11.8. The Morgan fingerprint density at radius 3 is 1.07 bits per heavy atom. The molecule has 3 heteroatoms. The first kappa shape index (κ1) is 27.8. The molecule has 0 atom stereocenters. The Kier molecular flexibility index (Phi) is 7.14. The van der Waals surface area contributed by atoms with Crippen LogP contribution in [0.5, 0.6) is 0 Å². The van der Waals surface area contributed by atoms with Gasteiger partial charge >= 0.3 is 8.40 Å². The van der Waals surface area contributed by atoms with Crippen LogP contribution in [0.1, 0.15) is 112 Å². The highest BCUT2D eigenvalue weighted by atomic mass is 28.3. The summed E-state index contributed by atoms with van der Waals surface area (Å²) in [5.74, 6) is 1.77. The predicted molar refractivity (Wildman–Crippen MR) is 180 cm³/mol. The summed E-state index contributed by atoms with van der Waals surface area (Å²) in [6.07, 6.45) is 0. The minimum absolute atomic E-state index is 0.442. The van der Waals surface area contributed by atoms with Gasteiger partial charge in [-0.3, -0.25) is 0 Å². The van der Waals surface area contributed by atoms with Crippen LogP contribution in [0.3, 0.4) is 0 Å². The van der Waals surface area contributed by atoms with Crippen molar-refractivity contribution >= 4 is 30.1 Å². The Morgan fingerprint density at radius 2 is 0.756 bits per heavy atom. The molecule has 0 saturated carbocycles. The van der Waals surface area contributed by atoms with Gasteiger partial charge in [-0.1, -0.05) is 140 Å². The molecule has 0 bridgehead atoms. The molecule has 2 nitrogen and oxygen atoms in total. The molecule has 0 fully saturated rings. The maximum Gasteiger partial charge on any atom is 0.332 e. The molecule has 0 N–H and O–H groups in total. The fourth-order valence-electron chi connectivity index (χ4n) is 7.57. The molecule has 4 aromatic rings. The molecular formula is C38H46N2Si. The van der Waals surface area contributed by atoms with Crippen LogP contribution in [0.15, 0.2) is 84.9 Å². The smallest absolute Gasteiger partial charge is 0.332 e. The van der Waals surface area contributed by atoms with Gasteiger partial charge in [-0.25, -0.2) is 0 Å². The van der Waals surface area contributed by atoms with Gasteiger partial charge in [-0.15, -0.1) is 0 Å². The van der Waals surface area contributed by atoms with Crippen molar-refractivity contribution < 1.29 is 0 Å². The number of anilines is 2. The van der Waals surface area contributed by atoms with E-state index in [0.717, 1.165) is 13.1 Å². The summed E-state index contributed by atoms with van der Waals surface area (Å²) in [4.78, 5) is 0. The first-order chi connectivity index (χ1) is 19.7. The number of hydrogen-bond acceptors (Lipinski definition) is 2. The molecule has 0 aromatic heterocycles. The summed E-state index contributed by atoms with van der Waals surface area (Å²) in [7, 11) is -2.69. The van der Waals surface area contributed by atoms with Crippen molar-refractivity contribution in [1.82, 2.24) is 0 Å². The number of rotatable bonds is 6. The van der Waals surface area contributed by atoms with Crippen LogP contribution in [-0.2, 0) is 13.1 Å². The average molecular weight is 559 g/mol. The second kappa shape index (κ2) is 10.5. The molecule has 212 valence electrons. The lowest BCUT2D eigenvalue weighted by atomic mass is 9.92. The van der Waals surface area contributed by atoms with Crippen molar-refractivity contribution in [2.45, 2.75) is 92.2 Å². The molecule has 4 aromatic carbocycles. The highest BCUT2D eigenvalue weighted by Crippen LogP contribution is 2.47. The Labute approximate surface area is 249 Å². The van der Waals surface area contributed by atoms with Gasteiger partial charge in [0.15, 0.2) is 0 Å². The zero-order valence-corrected chi connectivity index (χ0v) is 27.2. The second-order valence-corrected chi connectivity index (χ2v) is 16.8. The Balaban J connectivity index is 1.77. The normalized spacial score (nSPS) is 15.6. The summed E-state index contributed by atoms with van der Waals surface area (Å²) < 4.78 is 5.88. The van der Waals surface area contributed by atoms with E-state index in [9.17, 15) is 0 Å². The van der Waals surface area contributed by atoms with Crippen LogP contribution in [-0.4, -0.2) is 8.40 Å². The Bertz CT molecular complexity index is 1410. The van der Waals surface area contributed by atoms with Crippen LogP contribution in [0.25, 0.3) is 0 Å². The summed E-state index contributed by atoms with van der Waals surface area (Å²) in [6.45, 7) is 20.8. The zero-order valence-electron chi connectivity index (χ0n) is 26.2. The molecule has 2 aliphatic heterocycles. The third-order valence-corrected chi connectivity index (χ3v) is 14.3. The fraction of sp³-hybridized carbons (Fsp3) is 0.368. The monoisotopic (exact) mass is 558 g/mol. The number of hydrogen-bond donors (Lipinski definition) is 0. The fourth-order valence-corrected chi connectivity index (χ4v) is 13.2. The minimum atomic E-state index is -2.69. The maximum absolute atomic E-state index is 2.94. The molecule has 0 amide bonds. The Morgan fingerprint density at radius 1 is 0.439 bits per heavy atom. The van der Waals surface area contributed by atoms with Gasteiger partial charge < -0.3 is 9.13 Å². The molecule has 41 heavy (non-hydrogen) atoms. The van der Waals surface area contributed by atoms with E-state index < -0.39 is 8.40 Å².